The molecule has 3 rings (SSSR count). The molecule has 0 saturated heterocycles. The third kappa shape index (κ3) is 2.45. The van der Waals surface area contributed by atoms with E-state index in [1.54, 1.807) is 4.68 Å². The van der Waals surface area contributed by atoms with Crippen LogP contribution in [0.1, 0.15) is 11.1 Å². The lowest BCUT2D eigenvalue weighted by molar-refractivity contribution is 0.312. The summed E-state index contributed by atoms with van der Waals surface area (Å²) in [6, 6.07) is 5.51. The average Bonchev–Trinajstić information content (AvgIpc) is 3.04. The van der Waals surface area contributed by atoms with Gasteiger partial charge in [0.15, 0.2) is 0 Å². The molecule has 1 aliphatic rings. The second-order valence-corrected chi connectivity index (χ2v) is 4.61. The minimum Gasteiger partial charge on any atom is -0.493 e. The lowest BCUT2D eigenvalue weighted by Gasteiger charge is -2.06. The summed E-state index contributed by atoms with van der Waals surface area (Å²) in [5.74, 6) is 1.43. The largest absolute Gasteiger partial charge is 0.493 e. The monoisotopic (exact) mass is 273 g/mol. The molecule has 104 valence electrons. The maximum atomic E-state index is 8.82. The fourth-order valence-corrected chi connectivity index (χ4v) is 2.14. The molecule has 0 spiro atoms. The smallest absolute Gasteiger partial charge is 0.134 e. The van der Waals surface area contributed by atoms with E-state index in [4.69, 9.17) is 14.7 Å². The number of ether oxygens (including phenoxy) is 2. The van der Waals surface area contributed by atoms with Crippen molar-refractivity contribution < 1.29 is 14.7 Å². The van der Waals surface area contributed by atoms with Crippen molar-refractivity contribution in [3.63, 3.8) is 0 Å². The number of hydrogen-bond donors (Lipinski definition) is 1. The molecule has 0 saturated carbocycles. The highest BCUT2D eigenvalue weighted by Crippen LogP contribution is 2.29. The highest BCUT2D eigenvalue weighted by atomic mass is 16.5. The van der Waals surface area contributed by atoms with Gasteiger partial charge < -0.3 is 14.7 Å². The van der Waals surface area contributed by atoms with Crippen LogP contribution < -0.4 is 9.47 Å². The van der Waals surface area contributed by atoms with E-state index in [2.05, 4.69) is 10.3 Å². The highest BCUT2D eigenvalue weighted by molar-refractivity contribution is 6.05. The Balaban J connectivity index is 1.62. The minimum absolute atomic E-state index is 0.297. The average molecular weight is 273 g/mol. The van der Waals surface area contributed by atoms with E-state index in [1.165, 1.54) is 0 Å². The van der Waals surface area contributed by atoms with Crippen LogP contribution in [0.3, 0.4) is 0 Å². The van der Waals surface area contributed by atoms with Crippen molar-refractivity contribution >= 4 is 5.71 Å². The van der Waals surface area contributed by atoms with Crippen molar-refractivity contribution in [2.75, 3.05) is 13.2 Å². The summed E-state index contributed by atoms with van der Waals surface area (Å²) in [5.41, 5.74) is 2.49. The lowest BCUT2D eigenvalue weighted by atomic mass is 10.1. The van der Waals surface area contributed by atoms with Gasteiger partial charge in [0, 0.05) is 31.3 Å². The van der Waals surface area contributed by atoms with Gasteiger partial charge in [-0.25, -0.2) is 0 Å². The van der Waals surface area contributed by atoms with Crippen molar-refractivity contribution in [1.29, 1.82) is 0 Å². The molecule has 0 radical (unpaired) electrons. The van der Waals surface area contributed by atoms with E-state index in [-0.39, 0.29) is 0 Å². The number of fused-ring (bicyclic) bond motifs is 1. The van der Waals surface area contributed by atoms with Crippen molar-refractivity contribution in [3.8, 4) is 11.5 Å². The Bertz CT molecular complexity index is 649. The van der Waals surface area contributed by atoms with Crippen molar-refractivity contribution in [3.05, 3.63) is 41.7 Å². The highest BCUT2D eigenvalue weighted by Gasteiger charge is 2.20. The summed E-state index contributed by atoms with van der Waals surface area (Å²) < 4.78 is 12.9. The molecule has 20 heavy (non-hydrogen) atoms. The zero-order valence-electron chi connectivity index (χ0n) is 11.1. The van der Waals surface area contributed by atoms with Crippen LogP contribution in [-0.4, -0.2) is 33.9 Å². The van der Waals surface area contributed by atoms with E-state index < -0.39 is 0 Å². The van der Waals surface area contributed by atoms with Gasteiger partial charge in [0.25, 0.3) is 0 Å². The fraction of sp³-hybridized carbons (Fsp3) is 0.286. The van der Waals surface area contributed by atoms with Crippen LogP contribution in [-0.2, 0) is 13.5 Å². The molecule has 1 aromatic heterocycles. The Morgan fingerprint density at radius 3 is 3.15 bits per heavy atom. The summed E-state index contributed by atoms with van der Waals surface area (Å²) >= 11 is 0. The first-order valence-corrected chi connectivity index (χ1v) is 6.35. The predicted molar refractivity (Wildman–Crippen MR) is 72.7 cm³/mol. The second-order valence-electron chi connectivity index (χ2n) is 4.61. The first kappa shape index (κ1) is 12.5. The predicted octanol–water partition coefficient (Wildman–Crippen LogP) is 1.61. The molecule has 2 aromatic rings. The first-order chi connectivity index (χ1) is 9.76. The SMILES string of the molecule is Cn1cc(CCOc2ccc3c(c2)OC/C3=N\O)cn1. The Labute approximate surface area is 116 Å². The molecule has 0 atom stereocenters. The number of oxime groups is 1. The van der Waals surface area contributed by atoms with Gasteiger partial charge in [-0.3, -0.25) is 4.68 Å². The van der Waals surface area contributed by atoms with Gasteiger partial charge >= 0.3 is 0 Å². The minimum atomic E-state index is 0.297. The molecule has 2 heterocycles. The molecule has 0 fully saturated rings. The van der Waals surface area contributed by atoms with E-state index in [0.29, 0.717) is 24.7 Å². The standard InChI is InChI=1S/C14H15N3O3/c1-17-8-10(7-15-17)4-5-19-11-2-3-12-13(16-18)9-20-14(12)6-11/h2-3,6-8,18H,4-5,9H2,1H3/b16-13+. The van der Waals surface area contributed by atoms with Gasteiger partial charge in [-0.1, -0.05) is 5.16 Å². The van der Waals surface area contributed by atoms with Gasteiger partial charge in [-0.15, -0.1) is 0 Å². The summed E-state index contributed by atoms with van der Waals surface area (Å²) in [5, 5.41) is 16.1. The number of rotatable bonds is 4. The maximum Gasteiger partial charge on any atom is 0.134 e. The van der Waals surface area contributed by atoms with E-state index >= 15 is 0 Å². The van der Waals surface area contributed by atoms with E-state index in [0.717, 1.165) is 23.3 Å². The Hall–Kier alpha value is -2.50. The molecule has 0 aliphatic carbocycles. The van der Waals surface area contributed by atoms with Gasteiger partial charge in [0.2, 0.25) is 0 Å². The Kier molecular flexibility index (Phi) is 3.28. The first-order valence-electron chi connectivity index (χ1n) is 6.35. The summed E-state index contributed by atoms with van der Waals surface area (Å²) in [4.78, 5) is 0. The summed E-state index contributed by atoms with van der Waals surface area (Å²) in [7, 11) is 1.89. The lowest BCUT2D eigenvalue weighted by Crippen LogP contribution is -2.01. The van der Waals surface area contributed by atoms with Crippen LogP contribution in [0.4, 0.5) is 0 Å². The Morgan fingerprint density at radius 2 is 2.40 bits per heavy atom. The summed E-state index contributed by atoms with van der Waals surface area (Å²) in [6.45, 7) is 0.871. The Morgan fingerprint density at radius 1 is 1.50 bits per heavy atom. The van der Waals surface area contributed by atoms with Crippen LogP contribution in [0, 0.1) is 0 Å². The third-order valence-corrected chi connectivity index (χ3v) is 3.17. The number of benzene rings is 1. The van der Waals surface area contributed by atoms with Crippen LogP contribution in [0.15, 0.2) is 35.7 Å². The van der Waals surface area contributed by atoms with Crippen LogP contribution in [0.2, 0.25) is 0 Å². The van der Waals surface area contributed by atoms with Crippen molar-refractivity contribution in [2.45, 2.75) is 6.42 Å². The fourth-order valence-electron chi connectivity index (χ4n) is 2.14. The summed E-state index contributed by atoms with van der Waals surface area (Å²) in [6.07, 6.45) is 4.60. The topological polar surface area (TPSA) is 68.9 Å². The maximum absolute atomic E-state index is 8.82. The molecule has 0 unspecified atom stereocenters. The molecular formula is C14H15N3O3. The molecule has 6 heteroatoms. The molecule has 6 nitrogen and oxygen atoms in total. The number of nitrogens with zero attached hydrogens (tertiary/aromatic N) is 3. The van der Waals surface area contributed by atoms with Gasteiger partial charge in [-0.05, 0) is 17.7 Å². The molecule has 1 aliphatic heterocycles. The van der Waals surface area contributed by atoms with E-state index in [9.17, 15) is 0 Å². The number of hydrogen-bond acceptors (Lipinski definition) is 5. The molecule has 0 amide bonds. The molecule has 0 bridgehead atoms. The van der Waals surface area contributed by atoms with Gasteiger partial charge in [0.05, 0.1) is 12.8 Å². The van der Waals surface area contributed by atoms with Gasteiger partial charge in [-0.2, -0.15) is 5.10 Å². The molecule has 1 N–H and O–H groups in total. The van der Waals surface area contributed by atoms with E-state index in [1.807, 2.05) is 37.6 Å². The second kappa shape index (κ2) is 5.24. The normalized spacial score (nSPS) is 15.2. The number of aromatic nitrogens is 2. The van der Waals surface area contributed by atoms with Gasteiger partial charge in [0.1, 0.15) is 23.8 Å². The zero-order chi connectivity index (χ0) is 13.9. The molecular weight excluding hydrogens is 258 g/mol. The van der Waals surface area contributed by atoms with Crippen LogP contribution >= 0.6 is 0 Å². The quantitative estimate of drug-likeness (QED) is 0.679. The van der Waals surface area contributed by atoms with Crippen molar-refractivity contribution in [1.82, 2.24) is 9.78 Å². The number of aryl methyl sites for hydroxylation is 1. The van der Waals surface area contributed by atoms with Crippen molar-refractivity contribution in [2.24, 2.45) is 12.2 Å². The zero-order valence-corrected chi connectivity index (χ0v) is 11.1. The molecule has 1 aromatic carbocycles. The third-order valence-electron chi connectivity index (χ3n) is 3.17. The van der Waals surface area contributed by atoms with Crippen LogP contribution in [0.25, 0.3) is 0 Å². The van der Waals surface area contributed by atoms with Crippen LogP contribution in [0.5, 0.6) is 11.5 Å².